The quantitative estimate of drug-likeness (QED) is 0.210. The number of piperidine rings is 1. The Bertz CT molecular complexity index is 1640. The van der Waals surface area contributed by atoms with Crippen molar-refractivity contribution in [2.45, 2.75) is 32.4 Å². The SMILES string of the molecule is C[C@@H]1C[C@H](C)CN(c2ccc(N3C(=S)N[C@H](c4ccccn4)[C@@H]3c3ccc(-c4cc(C(=O)O)ccc4Cl)o3)cc2Cl)C1. The van der Waals surface area contributed by atoms with Crippen LogP contribution in [0.15, 0.2) is 77.3 Å². The predicted molar refractivity (Wildman–Crippen MR) is 171 cm³/mol. The molecule has 0 amide bonds. The van der Waals surface area contributed by atoms with E-state index in [4.69, 9.17) is 39.8 Å². The largest absolute Gasteiger partial charge is 0.478 e. The van der Waals surface area contributed by atoms with Gasteiger partial charge in [0.05, 0.1) is 33.0 Å². The van der Waals surface area contributed by atoms with E-state index in [1.165, 1.54) is 18.6 Å². The van der Waals surface area contributed by atoms with Gasteiger partial charge < -0.3 is 24.6 Å². The third-order valence-electron chi connectivity index (χ3n) is 7.91. The first kappa shape index (κ1) is 28.5. The number of rotatable bonds is 6. The summed E-state index contributed by atoms with van der Waals surface area (Å²) in [5, 5.41) is 14.5. The molecule has 0 radical (unpaired) electrons. The number of pyridine rings is 1. The highest BCUT2D eigenvalue weighted by atomic mass is 35.5. The van der Waals surface area contributed by atoms with Crippen LogP contribution in [-0.4, -0.2) is 34.3 Å². The van der Waals surface area contributed by atoms with Gasteiger partial charge in [0.1, 0.15) is 17.6 Å². The van der Waals surface area contributed by atoms with Crippen LogP contribution in [-0.2, 0) is 0 Å². The minimum Gasteiger partial charge on any atom is -0.478 e. The molecule has 4 heterocycles. The van der Waals surface area contributed by atoms with Crippen LogP contribution in [0.5, 0.6) is 0 Å². The molecule has 0 bridgehead atoms. The summed E-state index contributed by atoms with van der Waals surface area (Å²) in [4.78, 5) is 20.6. The number of anilines is 2. The molecule has 2 aliphatic rings. The molecule has 0 aliphatic carbocycles. The summed E-state index contributed by atoms with van der Waals surface area (Å²) in [6.07, 6.45) is 2.96. The van der Waals surface area contributed by atoms with E-state index < -0.39 is 12.0 Å². The number of carboxylic acids is 1. The molecule has 2 aromatic heterocycles. The number of nitrogens with zero attached hydrogens (tertiary/aromatic N) is 3. The van der Waals surface area contributed by atoms with E-state index in [-0.39, 0.29) is 11.6 Å². The first-order valence-electron chi connectivity index (χ1n) is 13.9. The molecule has 2 aromatic carbocycles. The second-order valence-corrected chi connectivity index (χ2v) is 12.4. The maximum absolute atomic E-state index is 11.6. The van der Waals surface area contributed by atoms with Gasteiger partial charge in [-0.3, -0.25) is 4.98 Å². The number of carboxylic acid groups (broad SMARTS) is 1. The molecular weight excluding hydrogens is 591 g/mol. The van der Waals surface area contributed by atoms with Crippen LogP contribution in [0.1, 0.15) is 54.2 Å². The van der Waals surface area contributed by atoms with Crippen molar-refractivity contribution < 1.29 is 14.3 Å². The maximum atomic E-state index is 11.6. The van der Waals surface area contributed by atoms with E-state index >= 15 is 0 Å². The minimum absolute atomic E-state index is 0.122. The van der Waals surface area contributed by atoms with Gasteiger partial charge in [0, 0.05) is 30.5 Å². The number of hydrogen-bond acceptors (Lipinski definition) is 5. The zero-order chi connectivity index (χ0) is 29.5. The molecule has 10 heteroatoms. The number of thiocarbonyl (C=S) groups is 1. The monoisotopic (exact) mass is 620 g/mol. The normalized spacial score (nSPS) is 22.3. The minimum atomic E-state index is -1.04. The van der Waals surface area contributed by atoms with Crippen molar-refractivity contribution in [2.24, 2.45) is 11.8 Å². The lowest BCUT2D eigenvalue weighted by atomic mass is 9.91. The summed E-state index contributed by atoms with van der Waals surface area (Å²) >= 11 is 19.3. The molecule has 4 aromatic rings. The van der Waals surface area contributed by atoms with Crippen LogP contribution in [0.2, 0.25) is 10.0 Å². The third-order valence-corrected chi connectivity index (χ3v) is 8.86. The van der Waals surface area contributed by atoms with Crippen LogP contribution in [0.4, 0.5) is 11.4 Å². The zero-order valence-electron chi connectivity index (χ0n) is 23.1. The highest BCUT2D eigenvalue weighted by molar-refractivity contribution is 7.80. The number of nitrogens with one attached hydrogen (secondary N) is 1. The summed E-state index contributed by atoms with van der Waals surface area (Å²) < 4.78 is 6.41. The summed E-state index contributed by atoms with van der Waals surface area (Å²) in [5.41, 5.74) is 3.26. The Balaban J connectivity index is 1.40. The molecule has 2 aliphatic heterocycles. The van der Waals surface area contributed by atoms with Crippen molar-refractivity contribution in [1.29, 1.82) is 0 Å². The van der Waals surface area contributed by atoms with Crippen LogP contribution in [0.25, 0.3) is 11.3 Å². The number of aromatic nitrogens is 1. The Morgan fingerprint density at radius 1 is 1.02 bits per heavy atom. The van der Waals surface area contributed by atoms with Crippen LogP contribution < -0.4 is 15.1 Å². The Morgan fingerprint density at radius 3 is 2.50 bits per heavy atom. The zero-order valence-corrected chi connectivity index (χ0v) is 25.5. The number of carbonyl (C=O) groups is 1. The standard InChI is InChI=1S/C32H30Cl2N4O3S/c1-18-13-19(2)17-37(16-18)26-9-7-21(15-24(26)34)38-30(29(36-32(38)42)25-5-3-4-12-35-25)28-11-10-27(41-28)22-14-20(31(39)40)6-8-23(22)33/h3-12,14-15,18-19,29-30H,13,16-17H2,1-2H3,(H,36,42)(H,39,40)/t18-,19+,29-,30+/m1/s1. The van der Waals surface area contributed by atoms with Crippen molar-refractivity contribution in [3.63, 3.8) is 0 Å². The van der Waals surface area contributed by atoms with Crippen molar-refractivity contribution in [1.82, 2.24) is 10.3 Å². The fraction of sp³-hybridized carbons (Fsp3) is 0.281. The maximum Gasteiger partial charge on any atom is 0.335 e. The number of aromatic carboxylic acids is 1. The van der Waals surface area contributed by atoms with E-state index in [1.807, 2.05) is 41.3 Å². The molecule has 0 saturated carbocycles. The van der Waals surface area contributed by atoms with E-state index in [9.17, 15) is 9.90 Å². The third kappa shape index (κ3) is 5.46. The van der Waals surface area contributed by atoms with Crippen molar-refractivity contribution >= 4 is 57.9 Å². The van der Waals surface area contributed by atoms with Gasteiger partial charge >= 0.3 is 5.97 Å². The van der Waals surface area contributed by atoms with E-state index in [2.05, 4.69) is 35.1 Å². The number of furan rings is 1. The van der Waals surface area contributed by atoms with E-state index in [0.717, 1.165) is 30.2 Å². The highest BCUT2D eigenvalue weighted by Gasteiger charge is 2.43. The van der Waals surface area contributed by atoms with E-state index in [0.29, 0.717) is 44.1 Å². The predicted octanol–water partition coefficient (Wildman–Crippen LogP) is 8.01. The van der Waals surface area contributed by atoms with Gasteiger partial charge in [-0.15, -0.1) is 0 Å². The lowest BCUT2D eigenvalue weighted by molar-refractivity contribution is 0.0697. The molecule has 0 unspecified atom stereocenters. The van der Waals surface area contributed by atoms with Crippen molar-refractivity contribution in [3.05, 3.63) is 100.0 Å². The Morgan fingerprint density at radius 2 is 1.81 bits per heavy atom. The number of halogens is 2. The summed E-state index contributed by atoms with van der Waals surface area (Å²) in [7, 11) is 0. The first-order valence-corrected chi connectivity index (χ1v) is 15.0. The highest BCUT2D eigenvalue weighted by Crippen LogP contribution is 2.45. The molecule has 0 spiro atoms. The summed E-state index contributed by atoms with van der Waals surface area (Å²) in [5.74, 6) is 1.23. The summed E-state index contributed by atoms with van der Waals surface area (Å²) in [6.45, 7) is 6.51. The fourth-order valence-electron chi connectivity index (χ4n) is 6.19. The summed E-state index contributed by atoms with van der Waals surface area (Å²) in [6, 6.07) is 19.3. The molecule has 4 atom stereocenters. The van der Waals surface area contributed by atoms with E-state index in [1.54, 1.807) is 18.3 Å². The molecule has 2 fully saturated rings. The molecule has 216 valence electrons. The lowest BCUT2D eigenvalue weighted by Crippen LogP contribution is -2.38. The van der Waals surface area contributed by atoms with Crippen molar-refractivity contribution in [3.8, 4) is 11.3 Å². The first-order chi connectivity index (χ1) is 20.2. The molecule has 42 heavy (non-hydrogen) atoms. The van der Waals surface area contributed by atoms with Gasteiger partial charge in [-0.25, -0.2) is 4.79 Å². The molecule has 7 nitrogen and oxygen atoms in total. The van der Waals surface area contributed by atoms with Crippen LogP contribution >= 0.6 is 35.4 Å². The number of hydrogen-bond donors (Lipinski definition) is 2. The second kappa shape index (κ2) is 11.6. The van der Waals surface area contributed by atoms with Gasteiger partial charge in [0.15, 0.2) is 5.11 Å². The van der Waals surface area contributed by atoms with Crippen molar-refractivity contribution in [2.75, 3.05) is 22.9 Å². The topological polar surface area (TPSA) is 81.8 Å². The Labute approximate surface area is 260 Å². The smallest absolute Gasteiger partial charge is 0.335 e. The average molecular weight is 622 g/mol. The molecule has 6 rings (SSSR count). The van der Waals surface area contributed by atoms with Gasteiger partial charge in [-0.2, -0.15) is 0 Å². The second-order valence-electron chi connectivity index (χ2n) is 11.2. The average Bonchev–Trinajstić information content (AvgIpc) is 3.57. The van der Waals surface area contributed by atoms with Gasteiger partial charge in [-0.05, 0) is 91.1 Å². The fourth-order valence-corrected chi connectivity index (χ4v) is 7.04. The molecular formula is C32H30Cl2N4O3S. The van der Waals surface area contributed by atoms with Crippen LogP contribution in [0, 0.1) is 11.8 Å². The van der Waals surface area contributed by atoms with Gasteiger partial charge in [0.25, 0.3) is 0 Å². The number of benzene rings is 2. The Kier molecular flexibility index (Phi) is 7.87. The lowest BCUT2D eigenvalue weighted by Gasteiger charge is -2.37. The molecule has 2 N–H and O–H groups in total. The molecule has 2 saturated heterocycles. The van der Waals surface area contributed by atoms with Gasteiger partial charge in [0.2, 0.25) is 0 Å². The Hall–Kier alpha value is -3.59. The van der Waals surface area contributed by atoms with Gasteiger partial charge in [-0.1, -0.05) is 43.1 Å². The van der Waals surface area contributed by atoms with Crippen LogP contribution in [0.3, 0.4) is 0 Å².